The maximum Gasteiger partial charge on any atom is 0.0593 e. The molecule has 2 aliphatic rings. The van der Waals surface area contributed by atoms with E-state index in [1.807, 2.05) is 0 Å². The van der Waals surface area contributed by atoms with Crippen LogP contribution in [0.3, 0.4) is 0 Å². The van der Waals surface area contributed by atoms with E-state index in [0.717, 1.165) is 38.1 Å². The van der Waals surface area contributed by atoms with Crippen LogP contribution in [0.15, 0.2) is 0 Å². The monoisotopic (exact) mass is 296 g/mol. The maximum atomic E-state index is 5.84. The highest BCUT2D eigenvalue weighted by atomic mass is 16.5. The molecule has 1 aliphatic heterocycles. The van der Waals surface area contributed by atoms with Crippen LogP contribution in [-0.2, 0) is 4.74 Å². The van der Waals surface area contributed by atoms with E-state index in [1.54, 1.807) is 0 Å². The summed E-state index contributed by atoms with van der Waals surface area (Å²) < 4.78 is 5.84. The lowest BCUT2D eigenvalue weighted by Crippen LogP contribution is -2.65. The fourth-order valence-corrected chi connectivity index (χ4v) is 3.63. The Kier molecular flexibility index (Phi) is 6.10. The van der Waals surface area contributed by atoms with Gasteiger partial charge in [0.25, 0.3) is 0 Å². The Morgan fingerprint density at radius 1 is 1.29 bits per heavy atom. The first kappa shape index (κ1) is 17.2. The Hall–Kier alpha value is -0.120. The summed E-state index contributed by atoms with van der Waals surface area (Å²) in [5, 5.41) is 3.88. The van der Waals surface area contributed by atoms with E-state index in [0.29, 0.717) is 17.5 Å². The van der Waals surface area contributed by atoms with Crippen LogP contribution in [0, 0.1) is 17.8 Å². The first-order valence-electron chi connectivity index (χ1n) is 9.03. The van der Waals surface area contributed by atoms with Gasteiger partial charge in [0.05, 0.1) is 6.61 Å². The average Bonchev–Trinajstić information content (AvgIpc) is 3.28. The van der Waals surface area contributed by atoms with Gasteiger partial charge in [-0.15, -0.1) is 0 Å². The molecule has 0 radical (unpaired) electrons. The first-order chi connectivity index (χ1) is 9.96. The third-order valence-electron chi connectivity index (χ3n) is 5.47. The fraction of sp³-hybridized carbons (Fsp3) is 1.00. The number of nitrogens with one attached hydrogen (secondary N) is 1. The van der Waals surface area contributed by atoms with Crippen molar-refractivity contribution in [1.29, 1.82) is 0 Å². The maximum absolute atomic E-state index is 5.84. The van der Waals surface area contributed by atoms with Gasteiger partial charge < -0.3 is 10.1 Å². The van der Waals surface area contributed by atoms with Crippen molar-refractivity contribution in [3.63, 3.8) is 0 Å². The van der Waals surface area contributed by atoms with Crippen molar-refractivity contribution in [2.24, 2.45) is 17.8 Å². The highest BCUT2D eigenvalue weighted by Crippen LogP contribution is 2.41. The summed E-state index contributed by atoms with van der Waals surface area (Å²) >= 11 is 0. The quantitative estimate of drug-likeness (QED) is 0.696. The average molecular weight is 296 g/mol. The van der Waals surface area contributed by atoms with Crippen LogP contribution in [0.5, 0.6) is 0 Å². The van der Waals surface area contributed by atoms with Crippen LogP contribution in [0.1, 0.15) is 53.9 Å². The highest BCUT2D eigenvalue weighted by molar-refractivity contribution is 5.04. The minimum atomic E-state index is 0.335. The van der Waals surface area contributed by atoms with E-state index >= 15 is 0 Å². The molecular weight excluding hydrogens is 260 g/mol. The van der Waals surface area contributed by atoms with Crippen LogP contribution in [-0.4, -0.2) is 49.3 Å². The summed E-state index contributed by atoms with van der Waals surface area (Å²) in [6.45, 7) is 16.8. The fourth-order valence-electron chi connectivity index (χ4n) is 3.63. The molecule has 3 heteroatoms. The topological polar surface area (TPSA) is 24.5 Å². The third-order valence-corrected chi connectivity index (χ3v) is 5.47. The Bertz CT molecular complexity index is 316. The molecule has 1 N–H and O–H groups in total. The summed E-state index contributed by atoms with van der Waals surface area (Å²) in [6, 6.07) is 0.671. The third kappa shape index (κ3) is 4.67. The molecule has 0 bridgehead atoms. The summed E-state index contributed by atoms with van der Waals surface area (Å²) in [7, 11) is 0. The van der Waals surface area contributed by atoms with Crippen molar-refractivity contribution in [1.82, 2.24) is 10.2 Å². The molecule has 1 saturated carbocycles. The first-order valence-corrected chi connectivity index (χ1v) is 9.03. The smallest absolute Gasteiger partial charge is 0.0593 e. The number of nitrogens with zero attached hydrogens (tertiary/aromatic N) is 1. The molecule has 2 fully saturated rings. The van der Waals surface area contributed by atoms with E-state index in [9.17, 15) is 0 Å². The van der Waals surface area contributed by atoms with Crippen molar-refractivity contribution in [2.45, 2.75) is 65.5 Å². The van der Waals surface area contributed by atoms with E-state index in [-0.39, 0.29) is 0 Å². The molecule has 0 aromatic rings. The van der Waals surface area contributed by atoms with Crippen molar-refractivity contribution >= 4 is 0 Å². The number of rotatable bonds is 8. The number of piperazine rings is 1. The second kappa shape index (κ2) is 7.43. The van der Waals surface area contributed by atoms with Crippen LogP contribution in [0.2, 0.25) is 0 Å². The van der Waals surface area contributed by atoms with Gasteiger partial charge in [-0.1, -0.05) is 34.1 Å². The van der Waals surface area contributed by atoms with Gasteiger partial charge in [-0.2, -0.15) is 0 Å². The predicted octanol–water partition coefficient (Wildman–Crippen LogP) is 3.15. The van der Waals surface area contributed by atoms with E-state index in [1.165, 1.54) is 25.8 Å². The van der Waals surface area contributed by atoms with Gasteiger partial charge in [-0.05, 0) is 37.5 Å². The molecule has 0 spiro atoms. The van der Waals surface area contributed by atoms with Crippen LogP contribution >= 0.6 is 0 Å². The lowest BCUT2D eigenvalue weighted by atomic mass is 9.87. The normalized spacial score (nSPS) is 32.6. The molecule has 21 heavy (non-hydrogen) atoms. The van der Waals surface area contributed by atoms with Crippen molar-refractivity contribution in [3.05, 3.63) is 0 Å². The standard InChI is InChI=1S/C18H36N2O/c1-6-15(4)17-11-19-18(5,16-7-8-16)13-20(17)9-10-21-12-14(2)3/h14-17,19H,6-13H2,1-5H3. The Morgan fingerprint density at radius 2 is 2.00 bits per heavy atom. The van der Waals surface area contributed by atoms with Gasteiger partial charge in [0, 0.05) is 37.8 Å². The second-order valence-corrected chi connectivity index (χ2v) is 7.96. The second-order valence-electron chi connectivity index (χ2n) is 7.96. The minimum Gasteiger partial charge on any atom is -0.380 e. The molecule has 3 nitrogen and oxygen atoms in total. The lowest BCUT2D eigenvalue weighted by Gasteiger charge is -2.48. The summed E-state index contributed by atoms with van der Waals surface area (Å²) in [5.41, 5.74) is 0.335. The molecule has 124 valence electrons. The summed E-state index contributed by atoms with van der Waals surface area (Å²) in [4.78, 5) is 2.71. The number of ether oxygens (including phenoxy) is 1. The lowest BCUT2D eigenvalue weighted by molar-refractivity contribution is 0.0153. The van der Waals surface area contributed by atoms with E-state index < -0.39 is 0 Å². The molecule has 2 rings (SSSR count). The van der Waals surface area contributed by atoms with E-state index in [2.05, 4.69) is 44.8 Å². The van der Waals surface area contributed by atoms with Gasteiger partial charge >= 0.3 is 0 Å². The molecule has 1 saturated heterocycles. The molecule has 3 unspecified atom stereocenters. The molecule has 1 aliphatic carbocycles. The Morgan fingerprint density at radius 3 is 2.57 bits per heavy atom. The summed E-state index contributed by atoms with van der Waals surface area (Å²) in [6.07, 6.45) is 4.08. The van der Waals surface area contributed by atoms with Gasteiger partial charge in [0.15, 0.2) is 0 Å². The molecule has 0 aromatic heterocycles. The van der Waals surface area contributed by atoms with Crippen molar-refractivity contribution in [3.8, 4) is 0 Å². The number of hydrogen-bond donors (Lipinski definition) is 1. The van der Waals surface area contributed by atoms with Gasteiger partial charge in [-0.3, -0.25) is 4.90 Å². The van der Waals surface area contributed by atoms with Crippen LogP contribution in [0.25, 0.3) is 0 Å². The van der Waals surface area contributed by atoms with Crippen molar-refractivity contribution in [2.75, 3.05) is 32.8 Å². The van der Waals surface area contributed by atoms with Crippen molar-refractivity contribution < 1.29 is 4.74 Å². The van der Waals surface area contributed by atoms with Gasteiger partial charge in [0.1, 0.15) is 0 Å². The SMILES string of the molecule is CCC(C)C1CNC(C)(C2CC2)CN1CCOCC(C)C. The summed E-state index contributed by atoms with van der Waals surface area (Å²) in [5.74, 6) is 2.29. The largest absolute Gasteiger partial charge is 0.380 e. The Balaban J connectivity index is 1.89. The molecule has 1 heterocycles. The molecular formula is C18H36N2O. The van der Waals surface area contributed by atoms with Crippen LogP contribution in [0.4, 0.5) is 0 Å². The zero-order valence-corrected chi connectivity index (χ0v) is 14.8. The zero-order valence-electron chi connectivity index (χ0n) is 14.8. The van der Waals surface area contributed by atoms with E-state index in [4.69, 9.17) is 4.74 Å². The molecule has 0 amide bonds. The van der Waals surface area contributed by atoms with Gasteiger partial charge in [-0.25, -0.2) is 0 Å². The van der Waals surface area contributed by atoms with Crippen LogP contribution < -0.4 is 5.32 Å². The van der Waals surface area contributed by atoms with Gasteiger partial charge in [0.2, 0.25) is 0 Å². The predicted molar refractivity (Wildman–Crippen MR) is 89.6 cm³/mol. The highest BCUT2D eigenvalue weighted by Gasteiger charge is 2.46. The zero-order chi connectivity index (χ0) is 15.5. The molecule has 3 atom stereocenters. The molecule has 0 aromatic carbocycles. The number of hydrogen-bond acceptors (Lipinski definition) is 3. The minimum absolute atomic E-state index is 0.335. The Labute approximate surface area is 131 Å².